The van der Waals surface area contributed by atoms with Gasteiger partial charge in [0.05, 0.1) is 4.90 Å². The van der Waals surface area contributed by atoms with Crippen LogP contribution in [0.5, 0.6) is 0 Å². The smallest absolute Gasteiger partial charge is 0.319 e. The van der Waals surface area contributed by atoms with E-state index in [1.54, 1.807) is 17.0 Å². The summed E-state index contributed by atoms with van der Waals surface area (Å²) in [6, 6.07) is 14.8. The van der Waals surface area contributed by atoms with E-state index in [4.69, 9.17) is 11.6 Å². The normalized spacial score (nSPS) is 18.5. The van der Waals surface area contributed by atoms with Gasteiger partial charge in [0.25, 0.3) is 0 Å². The van der Waals surface area contributed by atoms with Gasteiger partial charge >= 0.3 is 6.03 Å². The molecule has 1 fully saturated rings. The Bertz CT molecular complexity index is 872. The first-order valence-corrected chi connectivity index (χ1v) is 10.1. The van der Waals surface area contributed by atoms with E-state index < -0.39 is 10.0 Å². The van der Waals surface area contributed by atoms with Gasteiger partial charge in [-0.3, -0.25) is 0 Å². The quantitative estimate of drug-likeness (QED) is 0.870. The van der Waals surface area contributed by atoms with Gasteiger partial charge in [-0.15, -0.1) is 0 Å². The molecule has 0 spiro atoms. The summed E-state index contributed by atoms with van der Waals surface area (Å²) in [6.45, 7) is 2.66. The predicted molar refractivity (Wildman–Crippen MR) is 102 cm³/mol. The van der Waals surface area contributed by atoms with Crippen molar-refractivity contribution in [2.45, 2.75) is 17.9 Å². The third kappa shape index (κ3) is 4.00. The summed E-state index contributed by atoms with van der Waals surface area (Å²) < 4.78 is 27.0. The molecule has 0 aromatic heterocycles. The molecule has 1 atom stereocenters. The number of urea groups is 1. The lowest BCUT2D eigenvalue weighted by Gasteiger charge is -2.39. The first kappa shape index (κ1) is 18.7. The van der Waals surface area contributed by atoms with Gasteiger partial charge in [-0.25, -0.2) is 13.2 Å². The van der Waals surface area contributed by atoms with Crippen molar-refractivity contribution in [3.63, 3.8) is 0 Å². The molecule has 1 aliphatic rings. The summed E-state index contributed by atoms with van der Waals surface area (Å²) in [4.78, 5) is 14.3. The minimum absolute atomic E-state index is 0.205. The van der Waals surface area contributed by atoms with Crippen LogP contribution in [-0.4, -0.2) is 49.3 Å². The van der Waals surface area contributed by atoms with Crippen LogP contribution >= 0.6 is 11.6 Å². The van der Waals surface area contributed by atoms with Crippen LogP contribution in [-0.2, 0) is 10.0 Å². The number of piperazine rings is 1. The second kappa shape index (κ2) is 7.65. The number of amides is 2. The molecular formula is C18H20ClN3O3S. The van der Waals surface area contributed by atoms with Crippen LogP contribution in [0.1, 0.15) is 6.92 Å². The number of rotatable bonds is 3. The second-order valence-corrected chi connectivity index (χ2v) is 8.53. The zero-order valence-electron chi connectivity index (χ0n) is 14.3. The largest absolute Gasteiger partial charge is 0.322 e. The Kier molecular flexibility index (Phi) is 5.50. The average molecular weight is 394 g/mol. The third-order valence-electron chi connectivity index (χ3n) is 4.33. The van der Waals surface area contributed by atoms with Crippen molar-refractivity contribution in [3.8, 4) is 0 Å². The van der Waals surface area contributed by atoms with Crippen LogP contribution in [0.2, 0.25) is 5.02 Å². The van der Waals surface area contributed by atoms with Crippen molar-refractivity contribution in [1.29, 1.82) is 0 Å². The second-order valence-electron chi connectivity index (χ2n) is 6.16. The molecule has 1 aliphatic heterocycles. The summed E-state index contributed by atoms with van der Waals surface area (Å²) in [7, 11) is -3.60. The SMILES string of the molecule is C[C@@H]1CN(S(=O)(=O)c2ccc(Cl)cc2)CCN1C(=O)Nc1ccccc1. The van der Waals surface area contributed by atoms with Crippen LogP contribution in [0.25, 0.3) is 0 Å². The first-order chi connectivity index (χ1) is 12.4. The van der Waals surface area contributed by atoms with Crippen molar-refractivity contribution >= 4 is 33.3 Å². The standard InChI is InChI=1S/C18H20ClN3O3S/c1-14-13-21(26(24,25)17-9-7-15(19)8-10-17)11-12-22(14)18(23)20-16-5-3-2-4-6-16/h2-10,14H,11-13H2,1H3,(H,20,23)/t14-/m1/s1. The maximum Gasteiger partial charge on any atom is 0.322 e. The van der Waals surface area contributed by atoms with Crippen molar-refractivity contribution in [2.24, 2.45) is 0 Å². The number of hydrogen-bond acceptors (Lipinski definition) is 3. The number of sulfonamides is 1. The predicted octanol–water partition coefficient (Wildman–Crippen LogP) is 3.27. The highest BCUT2D eigenvalue weighted by Gasteiger charge is 2.34. The molecule has 2 aromatic carbocycles. The molecule has 1 heterocycles. The van der Waals surface area contributed by atoms with Crippen molar-refractivity contribution in [2.75, 3.05) is 25.0 Å². The van der Waals surface area contributed by atoms with E-state index in [-0.39, 0.29) is 30.1 Å². The molecular weight excluding hydrogens is 374 g/mol. The highest BCUT2D eigenvalue weighted by molar-refractivity contribution is 7.89. The lowest BCUT2D eigenvalue weighted by Crippen LogP contribution is -2.56. The number of nitrogens with one attached hydrogen (secondary N) is 1. The van der Waals surface area contributed by atoms with Crippen LogP contribution in [0.3, 0.4) is 0 Å². The van der Waals surface area contributed by atoms with E-state index in [1.165, 1.54) is 16.4 Å². The fourth-order valence-corrected chi connectivity index (χ4v) is 4.55. The molecule has 0 aliphatic carbocycles. The highest BCUT2D eigenvalue weighted by Crippen LogP contribution is 2.22. The highest BCUT2D eigenvalue weighted by atomic mass is 35.5. The average Bonchev–Trinajstić information content (AvgIpc) is 2.62. The number of benzene rings is 2. The Labute approximate surface area is 158 Å². The molecule has 0 saturated carbocycles. The van der Waals surface area contributed by atoms with E-state index in [0.29, 0.717) is 17.3 Å². The number of carbonyl (C=O) groups excluding carboxylic acids is 1. The molecule has 0 unspecified atom stereocenters. The number of halogens is 1. The van der Waals surface area contributed by atoms with Crippen LogP contribution in [0.4, 0.5) is 10.5 Å². The zero-order chi connectivity index (χ0) is 18.7. The minimum atomic E-state index is -3.60. The summed E-state index contributed by atoms with van der Waals surface area (Å²) in [5.74, 6) is 0. The van der Waals surface area contributed by atoms with Gasteiger partial charge in [0.15, 0.2) is 0 Å². The molecule has 0 bridgehead atoms. The molecule has 138 valence electrons. The van der Waals surface area contributed by atoms with Crippen LogP contribution < -0.4 is 5.32 Å². The maximum atomic E-state index is 12.8. The molecule has 0 radical (unpaired) electrons. The molecule has 26 heavy (non-hydrogen) atoms. The van der Waals surface area contributed by atoms with E-state index >= 15 is 0 Å². The van der Waals surface area contributed by atoms with Crippen LogP contribution in [0, 0.1) is 0 Å². The summed E-state index contributed by atoms with van der Waals surface area (Å²) in [5, 5.41) is 3.32. The molecule has 2 aromatic rings. The van der Waals surface area contributed by atoms with E-state index in [1.807, 2.05) is 37.3 Å². The van der Waals surface area contributed by atoms with E-state index in [2.05, 4.69) is 5.32 Å². The van der Waals surface area contributed by atoms with Gasteiger partial charge in [0.2, 0.25) is 10.0 Å². The van der Waals surface area contributed by atoms with Crippen LogP contribution in [0.15, 0.2) is 59.5 Å². The molecule has 2 amide bonds. The monoisotopic (exact) mass is 393 g/mol. The number of hydrogen-bond donors (Lipinski definition) is 1. The maximum absolute atomic E-state index is 12.8. The Morgan fingerprint density at radius 2 is 1.73 bits per heavy atom. The number of anilines is 1. The van der Waals surface area contributed by atoms with E-state index in [0.717, 1.165) is 0 Å². The minimum Gasteiger partial charge on any atom is -0.319 e. The fraction of sp³-hybridized carbons (Fsp3) is 0.278. The Balaban J connectivity index is 1.68. The Morgan fingerprint density at radius 1 is 1.08 bits per heavy atom. The molecule has 8 heteroatoms. The summed E-state index contributed by atoms with van der Waals surface area (Å²) >= 11 is 5.83. The van der Waals surface area contributed by atoms with Crippen molar-refractivity contribution in [3.05, 3.63) is 59.6 Å². The number of nitrogens with zero attached hydrogens (tertiary/aromatic N) is 2. The van der Waals surface area contributed by atoms with Gasteiger partial charge < -0.3 is 10.2 Å². The first-order valence-electron chi connectivity index (χ1n) is 8.26. The number of para-hydroxylation sites is 1. The van der Waals surface area contributed by atoms with Gasteiger partial charge in [0.1, 0.15) is 0 Å². The molecule has 3 rings (SSSR count). The number of carbonyl (C=O) groups is 1. The third-order valence-corrected chi connectivity index (χ3v) is 6.46. The molecule has 1 saturated heterocycles. The van der Waals surface area contributed by atoms with Gasteiger partial charge in [0, 0.05) is 36.4 Å². The lowest BCUT2D eigenvalue weighted by molar-refractivity contribution is 0.149. The lowest BCUT2D eigenvalue weighted by atomic mass is 10.2. The van der Waals surface area contributed by atoms with Gasteiger partial charge in [-0.2, -0.15) is 4.31 Å². The molecule has 1 N–H and O–H groups in total. The van der Waals surface area contributed by atoms with Gasteiger partial charge in [-0.05, 0) is 43.3 Å². The van der Waals surface area contributed by atoms with E-state index in [9.17, 15) is 13.2 Å². The summed E-state index contributed by atoms with van der Waals surface area (Å²) in [5.41, 5.74) is 0.709. The molecule has 6 nitrogen and oxygen atoms in total. The van der Waals surface area contributed by atoms with Crippen molar-refractivity contribution in [1.82, 2.24) is 9.21 Å². The van der Waals surface area contributed by atoms with Crippen molar-refractivity contribution < 1.29 is 13.2 Å². The topological polar surface area (TPSA) is 69.7 Å². The van der Waals surface area contributed by atoms with Gasteiger partial charge in [-0.1, -0.05) is 29.8 Å². The zero-order valence-corrected chi connectivity index (χ0v) is 15.9. The Hall–Kier alpha value is -2.09. The summed E-state index contributed by atoms with van der Waals surface area (Å²) in [6.07, 6.45) is 0. The Morgan fingerprint density at radius 3 is 2.35 bits per heavy atom. The fourth-order valence-electron chi connectivity index (χ4n) is 2.92.